The van der Waals surface area contributed by atoms with Crippen LogP contribution in [0.3, 0.4) is 0 Å². The summed E-state index contributed by atoms with van der Waals surface area (Å²) in [5, 5.41) is 8.39. The minimum Gasteiger partial charge on any atom is -0.378 e. The second-order valence-corrected chi connectivity index (χ2v) is 5.03. The first-order chi connectivity index (χ1) is 7.22. The highest BCUT2D eigenvalue weighted by Crippen LogP contribution is 2.30. The van der Waals surface area contributed by atoms with E-state index < -0.39 is 0 Å². The molecular formula is C13H23NO. The summed E-state index contributed by atoms with van der Waals surface area (Å²) in [6, 6.07) is 2.16. The SMILES string of the molecule is CC1CC(C)CC(OCCCCC#N)C1. The van der Waals surface area contributed by atoms with Gasteiger partial charge in [0.25, 0.3) is 0 Å². The first-order valence-corrected chi connectivity index (χ1v) is 6.21. The van der Waals surface area contributed by atoms with Gasteiger partial charge < -0.3 is 4.74 Å². The second kappa shape index (κ2) is 6.85. The van der Waals surface area contributed by atoms with Crippen LogP contribution >= 0.6 is 0 Å². The molecule has 2 nitrogen and oxygen atoms in total. The molecule has 15 heavy (non-hydrogen) atoms. The van der Waals surface area contributed by atoms with Gasteiger partial charge in [-0.05, 0) is 43.9 Å². The van der Waals surface area contributed by atoms with Crippen molar-refractivity contribution in [3.63, 3.8) is 0 Å². The van der Waals surface area contributed by atoms with E-state index >= 15 is 0 Å². The third kappa shape index (κ3) is 5.18. The molecule has 0 aromatic carbocycles. The molecule has 1 fully saturated rings. The van der Waals surface area contributed by atoms with Gasteiger partial charge in [0.05, 0.1) is 12.2 Å². The molecular weight excluding hydrogens is 186 g/mol. The van der Waals surface area contributed by atoms with Crippen LogP contribution in [0.25, 0.3) is 0 Å². The third-order valence-corrected chi connectivity index (χ3v) is 3.17. The summed E-state index contributed by atoms with van der Waals surface area (Å²) in [6.07, 6.45) is 6.97. The molecule has 0 aromatic heterocycles. The smallest absolute Gasteiger partial charge is 0.0621 e. The van der Waals surface area contributed by atoms with Crippen molar-refractivity contribution >= 4 is 0 Å². The number of unbranched alkanes of at least 4 members (excludes halogenated alkanes) is 2. The highest BCUT2D eigenvalue weighted by molar-refractivity contribution is 4.75. The topological polar surface area (TPSA) is 33.0 Å². The lowest BCUT2D eigenvalue weighted by Gasteiger charge is -2.31. The molecule has 0 heterocycles. The highest BCUT2D eigenvalue weighted by atomic mass is 16.5. The Labute approximate surface area is 93.6 Å². The number of rotatable bonds is 5. The minimum absolute atomic E-state index is 0.478. The minimum atomic E-state index is 0.478. The highest BCUT2D eigenvalue weighted by Gasteiger charge is 2.23. The Morgan fingerprint density at radius 2 is 1.80 bits per heavy atom. The van der Waals surface area contributed by atoms with Gasteiger partial charge >= 0.3 is 0 Å². The quantitative estimate of drug-likeness (QED) is 0.649. The fraction of sp³-hybridized carbons (Fsp3) is 0.923. The van der Waals surface area contributed by atoms with E-state index in [1.165, 1.54) is 19.3 Å². The van der Waals surface area contributed by atoms with E-state index in [1.807, 2.05) is 0 Å². The van der Waals surface area contributed by atoms with Crippen molar-refractivity contribution < 1.29 is 4.74 Å². The molecule has 1 saturated carbocycles. The fourth-order valence-corrected chi connectivity index (χ4v) is 2.57. The summed E-state index contributed by atoms with van der Waals surface area (Å²) in [7, 11) is 0. The van der Waals surface area contributed by atoms with E-state index in [0.717, 1.165) is 31.3 Å². The van der Waals surface area contributed by atoms with Gasteiger partial charge in [-0.3, -0.25) is 0 Å². The Kier molecular flexibility index (Phi) is 5.71. The number of hydrogen-bond donors (Lipinski definition) is 0. The van der Waals surface area contributed by atoms with Crippen LogP contribution in [0.5, 0.6) is 0 Å². The van der Waals surface area contributed by atoms with E-state index in [-0.39, 0.29) is 0 Å². The number of nitriles is 1. The zero-order valence-corrected chi connectivity index (χ0v) is 10.0. The molecule has 0 radical (unpaired) electrons. The van der Waals surface area contributed by atoms with Crippen LogP contribution in [0.15, 0.2) is 0 Å². The van der Waals surface area contributed by atoms with Crippen LogP contribution in [0.2, 0.25) is 0 Å². The lowest BCUT2D eigenvalue weighted by atomic mass is 9.82. The van der Waals surface area contributed by atoms with E-state index in [9.17, 15) is 0 Å². The standard InChI is InChI=1S/C13H23NO/c1-11-8-12(2)10-13(9-11)15-7-5-3-4-6-14/h11-13H,3-5,7-10H2,1-2H3. The lowest BCUT2D eigenvalue weighted by Crippen LogP contribution is -2.26. The molecule has 2 unspecified atom stereocenters. The second-order valence-electron chi connectivity index (χ2n) is 5.03. The zero-order valence-electron chi connectivity index (χ0n) is 10.0. The summed E-state index contributed by atoms with van der Waals surface area (Å²) >= 11 is 0. The first-order valence-electron chi connectivity index (χ1n) is 6.21. The van der Waals surface area contributed by atoms with E-state index in [1.54, 1.807) is 0 Å². The normalized spacial score (nSPS) is 31.1. The molecule has 0 bridgehead atoms. The van der Waals surface area contributed by atoms with Crippen LogP contribution < -0.4 is 0 Å². The predicted molar refractivity (Wildman–Crippen MR) is 61.4 cm³/mol. The third-order valence-electron chi connectivity index (χ3n) is 3.17. The fourth-order valence-electron chi connectivity index (χ4n) is 2.57. The molecule has 0 N–H and O–H groups in total. The maximum absolute atomic E-state index is 8.39. The first kappa shape index (κ1) is 12.5. The Morgan fingerprint density at radius 3 is 2.40 bits per heavy atom. The largest absolute Gasteiger partial charge is 0.378 e. The Hall–Kier alpha value is -0.550. The van der Waals surface area contributed by atoms with E-state index in [0.29, 0.717) is 12.5 Å². The van der Waals surface area contributed by atoms with Crippen LogP contribution in [0.4, 0.5) is 0 Å². The van der Waals surface area contributed by atoms with Crippen molar-refractivity contribution in [2.24, 2.45) is 11.8 Å². The molecule has 2 atom stereocenters. The van der Waals surface area contributed by atoms with Crippen molar-refractivity contribution in [3.8, 4) is 6.07 Å². The molecule has 0 aliphatic heterocycles. The maximum Gasteiger partial charge on any atom is 0.0621 e. The zero-order chi connectivity index (χ0) is 11.1. The summed E-state index contributed by atoms with van der Waals surface area (Å²) in [4.78, 5) is 0. The van der Waals surface area contributed by atoms with Crippen molar-refractivity contribution in [2.45, 2.75) is 58.5 Å². The molecule has 86 valence electrons. The predicted octanol–water partition coefficient (Wildman–Crippen LogP) is 3.52. The molecule has 1 aliphatic rings. The van der Waals surface area contributed by atoms with Crippen LogP contribution in [0, 0.1) is 23.2 Å². The van der Waals surface area contributed by atoms with Gasteiger partial charge in [-0.25, -0.2) is 0 Å². The van der Waals surface area contributed by atoms with Gasteiger partial charge in [0.2, 0.25) is 0 Å². The molecule has 0 aromatic rings. The summed E-state index contributed by atoms with van der Waals surface area (Å²) in [6.45, 7) is 5.48. The average molecular weight is 209 g/mol. The summed E-state index contributed by atoms with van der Waals surface area (Å²) in [5.74, 6) is 1.63. The molecule has 1 rings (SSSR count). The van der Waals surface area contributed by atoms with Crippen LogP contribution in [0.1, 0.15) is 52.4 Å². The van der Waals surface area contributed by atoms with Gasteiger partial charge in [-0.1, -0.05) is 13.8 Å². The lowest BCUT2D eigenvalue weighted by molar-refractivity contribution is -0.000358. The van der Waals surface area contributed by atoms with Gasteiger partial charge in [-0.2, -0.15) is 5.26 Å². The summed E-state index contributed by atoms with van der Waals surface area (Å²) < 4.78 is 5.86. The maximum atomic E-state index is 8.39. The molecule has 1 aliphatic carbocycles. The molecule has 2 heteroatoms. The van der Waals surface area contributed by atoms with Gasteiger partial charge in [0.1, 0.15) is 0 Å². The van der Waals surface area contributed by atoms with E-state index in [2.05, 4.69) is 19.9 Å². The van der Waals surface area contributed by atoms with Gasteiger partial charge in [0.15, 0.2) is 0 Å². The van der Waals surface area contributed by atoms with Gasteiger partial charge in [0, 0.05) is 13.0 Å². The Bertz CT molecular complexity index is 199. The molecule has 0 amide bonds. The number of nitrogens with zero attached hydrogens (tertiary/aromatic N) is 1. The Morgan fingerprint density at radius 1 is 1.13 bits per heavy atom. The van der Waals surface area contributed by atoms with Crippen molar-refractivity contribution in [3.05, 3.63) is 0 Å². The van der Waals surface area contributed by atoms with Crippen LogP contribution in [-0.4, -0.2) is 12.7 Å². The van der Waals surface area contributed by atoms with Gasteiger partial charge in [-0.15, -0.1) is 0 Å². The summed E-state index contributed by atoms with van der Waals surface area (Å²) in [5.41, 5.74) is 0. The molecule has 0 spiro atoms. The van der Waals surface area contributed by atoms with Crippen molar-refractivity contribution in [2.75, 3.05) is 6.61 Å². The monoisotopic (exact) mass is 209 g/mol. The average Bonchev–Trinajstić information content (AvgIpc) is 2.16. The Balaban J connectivity index is 2.08. The number of hydrogen-bond acceptors (Lipinski definition) is 2. The number of ether oxygens (including phenoxy) is 1. The van der Waals surface area contributed by atoms with Crippen LogP contribution in [-0.2, 0) is 4.74 Å². The van der Waals surface area contributed by atoms with E-state index in [4.69, 9.17) is 10.00 Å². The molecule has 0 saturated heterocycles. The van der Waals surface area contributed by atoms with Crippen molar-refractivity contribution in [1.82, 2.24) is 0 Å². The van der Waals surface area contributed by atoms with Crippen molar-refractivity contribution in [1.29, 1.82) is 5.26 Å².